The molecule has 2 aliphatic rings. The molecule has 0 spiro atoms. The van der Waals surface area contributed by atoms with E-state index in [9.17, 15) is 9.59 Å². The summed E-state index contributed by atoms with van der Waals surface area (Å²) in [7, 11) is 0. The van der Waals surface area contributed by atoms with Gasteiger partial charge in [-0.05, 0) is 45.3 Å². The summed E-state index contributed by atoms with van der Waals surface area (Å²) < 4.78 is 1.79. The van der Waals surface area contributed by atoms with Crippen molar-refractivity contribution >= 4 is 24.3 Å². The fourth-order valence-electron chi connectivity index (χ4n) is 3.57. The Bertz CT molecular complexity index is 573. The van der Waals surface area contributed by atoms with Gasteiger partial charge in [0.2, 0.25) is 5.91 Å². The zero-order chi connectivity index (χ0) is 17.0. The fourth-order valence-corrected chi connectivity index (χ4v) is 3.57. The molecule has 1 aromatic rings. The predicted molar refractivity (Wildman–Crippen MR) is 96.7 cm³/mol. The van der Waals surface area contributed by atoms with E-state index in [0.29, 0.717) is 32.5 Å². The number of amides is 3. The number of aromatic nitrogens is 2. The van der Waals surface area contributed by atoms with E-state index in [2.05, 4.69) is 21.0 Å². The van der Waals surface area contributed by atoms with Gasteiger partial charge in [-0.1, -0.05) is 0 Å². The van der Waals surface area contributed by atoms with Gasteiger partial charge in [0.25, 0.3) is 0 Å². The fraction of sp³-hybridized carbons (Fsp3) is 0.688. The number of nitrogens with zero attached hydrogens (tertiary/aromatic N) is 3. The molecule has 2 saturated heterocycles. The van der Waals surface area contributed by atoms with Gasteiger partial charge in [0.05, 0.1) is 0 Å². The van der Waals surface area contributed by atoms with Crippen LogP contribution in [0.1, 0.15) is 26.2 Å². The number of halogens is 1. The summed E-state index contributed by atoms with van der Waals surface area (Å²) in [5.74, 6) is 0.00968. The highest BCUT2D eigenvalue weighted by molar-refractivity contribution is 5.85. The van der Waals surface area contributed by atoms with E-state index >= 15 is 0 Å². The molecule has 1 unspecified atom stereocenters. The number of piperidine rings is 1. The molecular formula is C16H27ClN6O2. The van der Waals surface area contributed by atoms with E-state index in [1.807, 2.05) is 19.2 Å². The second kappa shape index (κ2) is 8.53. The molecule has 3 amide bonds. The van der Waals surface area contributed by atoms with E-state index in [-0.39, 0.29) is 30.4 Å². The second-order valence-corrected chi connectivity index (χ2v) is 6.47. The van der Waals surface area contributed by atoms with Crippen molar-refractivity contribution in [3.63, 3.8) is 0 Å². The normalized spacial score (nSPS) is 22.1. The molecule has 0 radical (unpaired) electrons. The molecule has 3 N–H and O–H groups in total. The summed E-state index contributed by atoms with van der Waals surface area (Å²) in [5.41, 5.74) is -0.631. The van der Waals surface area contributed by atoms with E-state index in [1.165, 1.54) is 0 Å². The van der Waals surface area contributed by atoms with Gasteiger partial charge in [0, 0.05) is 38.1 Å². The van der Waals surface area contributed by atoms with Crippen molar-refractivity contribution in [3.05, 3.63) is 18.5 Å². The first-order chi connectivity index (χ1) is 11.7. The average Bonchev–Trinajstić information content (AvgIpc) is 3.28. The molecule has 0 aromatic carbocycles. The van der Waals surface area contributed by atoms with Crippen molar-refractivity contribution in [2.45, 2.75) is 37.8 Å². The van der Waals surface area contributed by atoms with E-state index in [1.54, 1.807) is 15.8 Å². The maximum Gasteiger partial charge on any atom is 0.317 e. The minimum atomic E-state index is -0.631. The first-order valence-corrected chi connectivity index (χ1v) is 8.70. The number of urea groups is 1. The molecule has 0 bridgehead atoms. The first-order valence-electron chi connectivity index (χ1n) is 8.70. The Hall–Kier alpha value is -1.80. The summed E-state index contributed by atoms with van der Waals surface area (Å²) in [4.78, 5) is 26.7. The minimum Gasteiger partial charge on any atom is -0.349 e. The molecule has 3 heterocycles. The van der Waals surface area contributed by atoms with Gasteiger partial charge in [-0.15, -0.1) is 12.4 Å². The molecule has 0 aliphatic carbocycles. The summed E-state index contributed by atoms with van der Waals surface area (Å²) >= 11 is 0. The lowest BCUT2D eigenvalue weighted by molar-refractivity contribution is -0.132. The highest BCUT2D eigenvalue weighted by atomic mass is 35.5. The van der Waals surface area contributed by atoms with Crippen LogP contribution < -0.4 is 16.0 Å². The zero-order valence-corrected chi connectivity index (χ0v) is 15.3. The summed E-state index contributed by atoms with van der Waals surface area (Å²) in [6, 6.07) is 1.80. The predicted octanol–water partition coefficient (Wildman–Crippen LogP) is 0.304. The molecule has 1 atom stereocenters. The first kappa shape index (κ1) is 19.5. The number of hydrogen-bond acceptors (Lipinski definition) is 4. The standard InChI is InChI=1S/C16H26N6O2.ClH/c1-2-18-15(24)21-11-4-13(12-21)20-14(23)16(5-8-17-9-6-16)22-10-3-7-19-22;/h3,7,10,13,17H,2,4-6,8-9,11-12H2,1H3,(H,18,24)(H,20,23);1H. The van der Waals surface area contributed by atoms with E-state index < -0.39 is 5.54 Å². The molecule has 8 nitrogen and oxygen atoms in total. The van der Waals surface area contributed by atoms with Crippen molar-refractivity contribution in [2.24, 2.45) is 0 Å². The van der Waals surface area contributed by atoms with Gasteiger partial charge < -0.3 is 20.9 Å². The van der Waals surface area contributed by atoms with Gasteiger partial charge in [-0.2, -0.15) is 5.10 Å². The second-order valence-electron chi connectivity index (χ2n) is 6.47. The topological polar surface area (TPSA) is 91.3 Å². The van der Waals surface area contributed by atoms with Gasteiger partial charge >= 0.3 is 6.03 Å². The third-order valence-electron chi connectivity index (χ3n) is 4.94. The van der Waals surface area contributed by atoms with Crippen LogP contribution in [0.3, 0.4) is 0 Å². The molecule has 2 aliphatic heterocycles. The van der Waals surface area contributed by atoms with Crippen molar-refractivity contribution in [1.29, 1.82) is 0 Å². The van der Waals surface area contributed by atoms with Gasteiger partial charge in [-0.3, -0.25) is 9.48 Å². The largest absolute Gasteiger partial charge is 0.349 e. The lowest BCUT2D eigenvalue weighted by Gasteiger charge is -2.37. The van der Waals surface area contributed by atoms with Crippen LogP contribution in [0.5, 0.6) is 0 Å². The third kappa shape index (κ3) is 4.07. The number of hydrogen-bond donors (Lipinski definition) is 3. The Kier molecular flexibility index (Phi) is 6.66. The number of nitrogens with one attached hydrogen (secondary N) is 3. The highest BCUT2D eigenvalue weighted by Gasteiger charge is 2.43. The Labute approximate surface area is 154 Å². The van der Waals surface area contributed by atoms with Crippen molar-refractivity contribution in [1.82, 2.24) is 30.6 Å². The maximum absolute atomic E-state index is 13.1. The SMILES string of the molecule is CCNC(=O)N1CCC(NC(=O)C2(n3cccn3)CCNCC2)C1.Cl. The van der Waals surface area contributed by atoms with Gasteiger partial charge in [0.1, 0.15) is 5.54 Å². The van der Waals surface area contributed by atoms with Crippen LogP contribution in [0, 0.1) is 0 Å². The Morgan fingerprint density at radius 2 is 2.12 bits per heavy atom. The van der Waals surface area contributed by atoms with E-state index in [0.717, 1.165) is 19.5 Å². The molecule has 1 aromatic heterocycles. The zero-order valence-electron chi connectivity index (χ0n) is 14.5. The van der Waals surface area contributed by atoms with Crippen LogP contribution in [0.25, 0.3) is 0 Å². The number of rotatable bonds is 4. The van der Waals surface area contributed by atoms with Crippen molar-refractivity contribution < 1.29 is 9.59 Å². The van der Waals surface area contributed by atoms with Crippen molar-refractivity contribution in [2.75, 3.05) is 32.7 Å². The molecular weight excluding hydrogens is 344 g/mol. The number of likely N-dealkylation sites (tertiary alicyclic amines) is 1. The van der Waals surface area contributed by atoms with E-state index in [4.69, 9.17) is 0 Å². The molecule has 3 rings (SSSR count). The summed E-state index contributed by atoms with van der Waals surface area (Å²) in [6.45, 7) is 5.34. The Morgan fingerprint density at radius 3 is 2.76 bits per heavy atom. The van der Waals surface area contributed by atoms with Gasteiger partial charge in [0.15, 0.2) is 0 Å². The van der Waals surface area contributed by atoms with Crippen LogP contribution in [-0.4, -0.2) is 65.4 Å². The van der Waals surface area contributed by atoms with Crippen LogP contribution in [0.15, 0.2) is 18.5 Å². The lowest BCUT2D eigenvalue weighted by Crippen LogP contribution is -2.56. The molecule has 2 fully saturated rings. The molecule has 25 heavy (non-hydrogen) atoms. The molecule has 140 valence electrons. The molecule has 9 heteroatoms. The minimum absolute atomic E-state index is 0. The van der Waals surface area contributed by atoms with Crippen molar-refractivity contribution in [3.8, 4) is 0 Å². The van der Waals surface area contributed by atoms with Gasteiger partial charge in [-0.25, -0.2) is 4.79 Å². The molecule has 0 saturated carbocycles. The Morgan fingerprint density at radius 1 is 1.36 bits per heavy atom. The number of carbonyl (C=O) groups is 2. The number of carbonyl (C=O) groups excluding carboxylic acids is 2. The van der Waals surface area contributed by atoms with Crippen LogP contribution >= 0.6 is 12.4 Å². The lowest BCUT2D eigenvalue weighted by atomic mass is 9.87. The summed E-state index contributed by atoms with van der Waals surface area (Å²) in [6.07, 6.45) is 5.79. The monoisotopic (exact) mass is 370 g/mol. The van der Waals surface area contributed by atoms with Crippen LogP contribution in [0.4, 0.5) is 4.79 Å². The third-order valence-corrected chi connectivity index (χ3v) is 4.94. The maximum atomic E-state index is 13.1. The average molecular weight is 371 g/mol. The highest BCUT2D eigenvalue weighted by Crippen LogP contribution is 2.27. The van der Waals surface area contributed by atoms with Crippen LogP contribution in [0.2, 0.25) is 0 Å². The summed E-state index contributed by atoms with van der Waals surface area (Å²) in [5, 5.41) is 13.6. The Balaban J connectivity index is 0.00000225. The quantitative estimate of drug-likeness (QED) is 0.711. The van der Waals surface area contributed by atoms with Crippen LogP contribution in [-0.2, 0) is 10.3 Å². The smallest absolute Gasteiger partial charge is 0.317 e.